The highest BCUT2D eigenvalue weighted by Gasteiger charge is 2.10. The van der Waals surface area contributed by atoms with Gasteiger partial charge >= 0.3 is 5.97 Å². The summed E-state index contributed by atoms with van der Waals surface area (Å²) in [7, 11) is 1.35. The number of nitro groups is 1. The van der Waals surface area contributed by atoms with Gasteiger partial charge < -0.3 is 9.30 Å². The van der Waals surface area contributed by atoms with Gasteiger partial charge in [-0.1, -0.05) is 24.3 Å². The van der Waals surface area contributed by atoms with Crippen molar-refractivity contribution >= 4 is 11.7 Å². The Hall–Kier alpha value is -3.48. The molecule has 0 unspecified atom stereocenters. The number of methoxy groups -OCH3 is 1. The Morgan fingerprint density at radius 2 is 1.96 bits per heavy atom. The highest BCUT2D eigenvalue weighted by Crippen LogP contribution is 2.17. The molecular weight excluding hydrogens is 334 g/mol. The number of hydrogen-bond acceptors (Lipinski definition) is 5. The van der Waals surface area contributed by atoms with Crippen LogP contribution in [0, 0.1) is 10.1 Å². The summed E-state index contributed by atoms with van der Waals surface area (Å²) in [4.78, 5) is 26.5. The third-order valence-electron chi connectivity index (χ3n) is 3.99. The minimum Gasteiger partial charge on any atom is -0.465 e. The first kappa shape index (κ1) is 17.3. The van der Waals surface area contributed by atoms with Gasteiger partial charge in [-0.25, -0.2) is 9.78 Å². The van der Waals surface area contributed by atoms with Crippen LogP contribution < -0.4 is 0 Å². The Balaban J connectivity index is 1.80. The fourth-order valence-electron chi connectivity index (χ4n) is 2.72. The van der Waals surface area contributed by atoms with Crippen LogP contribution in [0.2, 0.25) is 0 Å². The molecule has 0 saturated heterocycles. The molecule has 0 bridgehead atoms. The minimum atomic E-state index is -0.408. The summed E-state index contributed by atoms with van der Waals surface area (Å²) in [6, 6.07) is 13.7. The predicted octanol–water partition coefficient (Wildman–Crippen LogP) is 3.22. The summed E-state index contributed by atoms with van der Waals surface area (Å²) in [5.41, 5.74) is 2.30. The maximum absolute atomic E-state index is 11.7. The summed E-state index contributed by atoms with van der Waals surface area (Å²) in [6.45, 7) is 0.537. The van der Waals surface area contributed by atoms with E-state index in [-0.39, 0.29) is 11.7 Å². The molecule has 3 aromatic rings. The Bertz CT molecular complexity index is 949. The zero-order chi connectivity index (χ0) is 18.5. The predicted molar refractivity (Wildman–Crippen MR) is 95.0 cm³/mol. The number of esters is 1. The zero-order valence-electron chi connectivity index (χ0n) is 14.2. The molecule has 0 aliphatic carbocycles. The maximum Gasteiger partial charge on any atom is 0.337 e. The molecule has 26 heavy (non-hydrogen) atoms. The molecule has 0 atom stereocenters. The molecule has 0 radical (unpaired) electrons. The van der Waals surface area contributed by atoms with Crippen molar-refractivity contribution in [3.63, 3.8) is 0 Å². The highest BCUT2D eigenvalue weighted by molar-refractivity contribution is 5.89. The van der Waals surface area contributed by atoms with Crippen LogP contribution in [-0.4, -0.2) is 27.6 Å². The quantitative estimate of drug-likeness (QED) is 0.386. The van der Waals surface area contributed by atoms with Gasteiger partial charge in [-0.2, -0.15) is 0 Å². The molecular formula is C19H17N3O4. The number of non-ortho nitro benzene ring substituents is 1. The first-order valence-corrected chi connectivity index (χ1v) is 7.97. The van der Waals surface area contributed by atoms with Crippen LogP contribution in [0.4, 0.5) is 5.69 Å². The molecule has 0 fully saturated rings. The van der Waals surface area contributed by atoms with E-state index in [1.165, 1.54) is 13.2 Å². The summed E-state index contributed by atoms with van der Waals surface area (Å²) in [5.74, 6) is 0.406. The molecule has 1 heterocycles. The molecule has 3 rings (SSSR count). The summed E-state index contributed by atoms with van der Waals surface area (Å²) in [6.07, 6.45) is 4.01. The standard InChI is InChI=1S/C19H17N3O4/c1-26-19(23)16-6-2-5-15(10-16)13-21-9-8-20-18(21)12-14-4-3-7-17(11-14)22(24)25/h2-11H,12-13H2,1H3. The van der Waals surface area contributed by atoms with Gasteiger partial charge in [-0.3, -0.25) is 10.1 Å². The van der Waals surface area contributed by atoms with Crippen molar-refractivity contribution in [2.24, 2.45) is 0 Å². The van der Waals surface area contributed by atoms with E-state index >= 15 is 0 Å². The van der Waals surface area contributed by atoms with Crippen LogP contribution in [0.5, 0.6) is 0 Å². The number of rotatable bonds is 6. The molecule has 0 N–H and O–H groups in total. The van der Waals surface area contributed by atoms with E-state index in [4.69, 9.17) is 4.74 Å². The van der Waals surface area contributed by atoms with Gasteiger partial charge in [0.2, 0.25) is 0 Å². The number of ether oxygens (including phenoxy) is 1. The van der Waals surface area contributed by atoms with Gasteiger partial charge in [0.15, 0.2) is 0 Å². The Labute approximate surface area is 150 Å². The number of nitro benzene ring substituents is 1. The second-order valence-corrected chi connectivity index (χ2v) is 5.77. The molecule has 0 saturated carbocycles. The van der Waals surface area contributed by atoms with Crippen molar-refractivity contribution in [2.45, 2.75) is 13.0 Å². The molecule has 2 aromatic carbocycles. The van der Waals surface area contributed by atoms with Gasteiger partial charge in [0.25, 0.3) is 5.69 Å². The van der Waals surface area contributed by atoms with Crippen LogP contribution in [0.3, 0.4) is 0 Å². The van der Waals surface area contributed by atoms with Gasteiger partial charge in [0, 0.05) is 37.5 Å². The van der Waals surface area contributed by atoms with E-state index in [0.717, 1.165) is 17.0 Å². The number of carbonyl (C=O) groups is 1. The number of imidazole rings is 1. The van der Waals surface area contributed by atoms with Gasteiger partial charge in [-0.15, -0.1) is 0 Å². The third kappa shape index (κ3) is 3.94. The molecule has 7 nitrogen and oxygen atoms in total. The average molecular weight is 351 g/mol. The Morgan fingerprint density at radius 3 is 2.73 bits per heavy atom. The largest absolute Gasteiger partial charge is 0.465 e. The lowest BCUT2D eigenvalue weighted by atomic mass is 10.1. The van der Waals surface area contributed by atoms with Crippen molar-refractivity contribution in [1.82, 2.24) is 9.55 Å². The van der Waals surface area contributed by atoms with Gasteiger partial charge in [-0.05, 0) is 23.3 Å². The smallest absolute Gasteiger partial charge is 0.337 e. The minimum absolute atomic E-state index is 0.0615. The van der Waals surface area contributed by atoms with Gasteiger partial charge in [0.1, 0.15) is 5.82 Å². The lowest BCUT2D eigenvalue weighted by Crippen LogP contribution is -2.07. The van der Waals surface area contributed by atoms with Crippen LogP contribution in [0.15, 0.2) is 60.9 Å². The third-order valence-corrected chi connectivity index (χ3v) is 3.99. The lowest BCUT2D eigenvalue weighted by Gasteiger charge is -2.09. The number of carbonyl (C=O) groups excluding carboxylic acids is 1. The highest BCUT2D eigenvalue weighted by atomic mass is 16.6. The molecule has 0 aliphatic heterocycles. The fourth-order valence-corrected chi connectivity index (χ4v) is 2.72. The second kappa shape index (κ2) is 7.60. The summed E-state index contributed by atoms with van der Waals surface area (Å²) < 4.78 is 6.70. The van der Waals surface area contributed by atoms with Crippen molar-refractivity contribution in [3.05, 3.63) is 93.6 Å². The molecule has 0 amide bonds. The SMILES string of the molecule is COC(=O)c1cccc(Cn2ccnc2Cc2cccc([N+](=O)[O-])c2)c1. The van der Waals surface area contributed by atoms with Crippen LogP contribution >= 0.6 is 0 Å². The van der Waals surface area contributed by atoms with Crippen molar-refractivity contribution < 1.29 is 14.5 Å². The van der Waals surface area contributed by atoms with E-state index in [9.17, 15) is 14.9 Å². The van der Waals surface area contributed by atoms with Crippen molar-refractivity contribution in [3.8, 4) is 0 Å². The number of nitrogens with zero attached hydrogens (tertiary/aromatic N) is 3. The zero-order valence-corrected chi connectivity index (χ0v) is 14.2. The second-order valence-electron chi connectivity index (χ2n) is 5.77. The molecule has 1 aromatic heterocycles. The number of hydrogen-bond donors (Lipinski definition) is 0. The van der Waals surface area contributed by atoms with E-state index in [0.29, 0.717) is 18.5 Å². The molecule has 7 heteroatoms. The molecule has 0 aliphatic rings. The first-order valence-electron chi connectivity index (χ1n) is 7.97. The normalized spacial score (nSPS) is 10.5. The van der Waals surface area contributed by atoms with Gasteiger partial charge in [0.05, 0.1) is 17.6 Å². The summed E-state index contributed by atoms with van der Waals surface area (Å²) >= 11 is 0. The average Bonchev–Trinajstić information content (AvgIpc) is 3.08. The maximum atomic E-state index is 11.7. The van der Waals surface area contributed by atoms with E-state index in [1.807, 2.05) is 22.9 Å². The monoisotopic (exact) mass is 351 g/mol. The number of benzene rings is 2. The van der Waals surface area contributed by atoms with E-state index in [1.54, 1.807) is 36.5 Å². The van der Waals surface area contributed by atoms with Crippen molar-refractivity contribution in [1.29, 1.82) is 0 Å². The first-order chi connectivity index (χ1) is 12.6. The topological polar surface area (TPSA) is 87.3 Å². The number of aromatic nitrogens is 2. The van der Waals surface area contributed by atoms with Crippen LogP contribution in [0.1, 0.15) is 27.3 Å². The fraction of sp³-hybridized carbons (Fsp3) is 0.158. The van der Waals surface area contributed by atoms with E-state index < -0.39 is 4.92 Å². The van der Waals surface area contributed by atoms with Crippen molar-refractivity contribution in [2.75, 3.05) is 7.11 Å². The summed E-state index contributed by atoms with van der Waals surface area (Å²) in [5, 5.41) is 10.9. The lowest BCUT2D eigenvalue weighted by molar-refractivity contribution is -0.384. The van der Waals surface area contributed by atoms with Crippen LogP contribution in [0.25, 0.3) is 0 Å². The van der Waals surface area contributed by atoms with Crippen LogP contribution in [-0.2, 0) is 17.7 Å². The Kier molecular flexibility index (Phi) is 5.07. The van der Waals surface area contributed by atoms with E-state index in [2.05, 4.69) is 4.98 Å². The molecule has 132 valence electrons. The Morgan fingerprint density at radius 1 is 1.19 bits per heavy atom. The molecule has 0 spiro atoms.